The fourth-order valence-corrected chi connectivity index (χ4v) is 0.571. The van der Waals surface area contributed by atoms with Gasteiger partial charge < -0.3 is 14.6 Å². The second-order valence-corrected chi connectivity index (χ2v) is 1.78. The molecule has 0 aliphatic rings. The third-order valence-corrected chi connectivity index (χ3v) is 1.05. The van der Waals surface area contributed by atoms with E-state index in [1.807, 2.05) is 0 Å². The molecule has 0 atom stereocenters. The number of aliphatic hydroxyl groups excluding tert-OH is 1. The molecule has 0 spiro atoms. The molecule has 54 valence electrons. The molecule has 0 unspecified atom stereocenters. The predicted octanol–water partition coefficient (Wildman–Crippen LogP) is 0.470. The number of carboxylic acid groups (broad SMARTS) is 1. The normalized spacial score (nSPS) is 9.70. The Morgan fingerprint density at radius 3 is 2.70 bits per heavy atom. The fraction of sp³-hybridized carbons (Fsp3) is 0.167. The zero-order chi connectivity index (χ0) is 7.56. The lowest BCUT2D eigenvalue weighted by Crippen LogP contribution is -1.91. The zero-order valence-electron chi connectivity index (χ0n) is 5.07. The molecule has 0 amide bonds. The summed E-state index contributed by atoms with van der Waals surface area (Å²) in [4.78, 5) is 10.2. The zero-order valence-corrected chi connectivity index (χ0v) is 5.07. The lowest BCUT2D eigenvalue weighted by atomic mass is 10.3. The highest BCUT2D eigenvalue weighted by Crippen LogP contribution is 2.06. The molecule has 2 N–H and O–H groups in total. The summed E-state index contributed by atoms with van der Waals surface area (Å²) in [6, 6.07) is 1.28. The first-order valence-corrected chi connectivity index (χ1v) is 2.65. The van der Waals surface area contributed by atoms with Gasteiger partial charge >= 0.3 is 5.97 Å². The van der Waals surface area contributed by atoms with Gasteiger partial charge in [0.15, 0.2) is 0 Å². The molecule has 0 saturated heterocycles. The monoisotopic (exact) mass is 142 g/mol. The third-order valence-electron chi connectivity index (χ3n) is 1.05. The molecule has 10 heavy (non-hydrogen) atoms. The Hall–Kier alpha value is -1.29. The molecule has 4 heteroatoms. The Balaban J connectivity index is 2.88. The standard InChI is InChI=1S/C6H6O4/c7-2-4-1-5(6(8)9)10-3-4/h1,3,7H,2H2,(H,8,9). The number of carbonyl (C=O) groups is 1. The molecule has 0 aromatic carbocycles. The molecular weight excluding hydrogens is 136 g/mol. The summed E-state index contributed by atoms with van der Waals surface area (Å²) < 4.78 is 4.56. The molecule has 1 aromatic rings. The van der Waals surface area contributed by atoms with E-state index in [-0.39, 0.29) is 12.4 Å². The molecule has 1 aromatic heterocycles. The van der Waals surface area contributed by atoms with Gasteiger partial charge in [0, 0.05) is 5.56 Å². The summed E-state index contributed by atoms with van der Waals surface area (Å²) in [7, 11) is 0. The van der Waals surface area contributed by atoms with Gasteiger partial charge in [-0.1, -0.05) is 0 Å². The average Bonchev–Trinajstić information content (AvgIpc) is 2.34. The first kappa shape index (κ1) is 6.82. The van der Waals surface area contributed by atoms with Crippen LogP contribution in [-0.4, -0.2) is 16.2 Å². The van der Waals surface area contributed by atoms with Gasteiger partial charge in [0.25, 0.3) is 0 Å². The van der Waals surface area contributed by atoms with Gasteiger partial charge in [-0.2, -0.15) is 0 Å². The number of carboxylic acids is 1. The molecule has 0 fully saturated rings. The van der Waals surface area contributed by atoms with Crippen LogP contribution in [0.25, 0.3) is 0 Å². The fourth-order valence-electron chi connectivity index (χ4n) is 0.571. The van der Waals surface area contributed by atoms with Crippen molar-refractivity contribution in [2.24, 2.45) is 0 Å². The van der Waals surface area contributed by atoms with Gasteiger partial charge in [-0.3, -0.25) is 0 Å². The van der Waals surface area contributed by atoms with Crippen LogP contribution < -0.4 is 0 Å². The number of hydrogen-bond donors (Lipinski definition) is 2. The van der Waals surface area contributed by atoms with Gasteiger partial charge in [-0.25, -0.2) is 4.79 Å². The van der Waals surface area contributed by atoms with E-state index in [0.717, 1.165) is 0 Å². The summed E-state index contributed by atoms with van der Waals surface area (Å²) in [6.45, 7) is -0.198. The Labute approximate surface area is 56.7 Å². The predicted molar refractivity (Wildman–Crippen MR) is 31.6 cm³/mol. The van der Waals surface area contributed by atoms with E-state index in [2.05, 4.69) is 4.42 Å². The van der Waals surface area contributed by atoms with Crippen molar-refractivity contribution < 1.29 is 19.4 Å². The van der Waals surface area contributed by atoms with E-state index >= 15 is 0 Å². The Kier molecular flexibility index (Phi) is 1.73. The van der Waals surface area contributed by atoms with Crippen LogP contribution in [0, 0.1) is 0 Å². The minimum atomic E-state index is -1.13. The molecule has 1 rings (SSSR count). The first-order valence-electron chi connectivity index (χ1n) is 2.65. The van der Waals surface area contributed by atoms with Crippen LogP contribution in [0.5, 0.6) is 0 Å². The Morgan fingerprint density at radius 1 is 1.70 bits per heavy atom. The highest BCUT2D eigenvalue weighted by Gasteiger charge is 2.07. The quantitative estimate of drug-likeness (QED) is 0.629. The third kappa shape index (κ3) is 1.16. The highest BCUT2D eigenvalue weighted by molar-refractivity contribution is 5.84. The van der Waals surface area contributed by atoms with Crippen molar-refractivity contribution in [1.29, 1.82) is 0 Å². The number of hydrogen-bond acceptors (Lipinski definition) is 3. The largest absolute Gasteiger partial charge is 0.475 e. The second kappa shape index (κ2) is 2.53. The van der Waals surface area contributed by atoms with Gasteiger partial charge in [0.2, 0.25) is 5.76 Å². The van der Waals surface area contributed by atoms with Crippen molar-refractivity contribution >= 4 is 5.97 Å². The summed E-state index contributed by atoms with van der Waals surface area (Å²) >= 11 is 0. The van der Waals surface area contributed by atoms with Gasteiger partial charge in [-0.15, -0.1) is 0 Å². The van der Waals surface area contributed by atoms with Crippen LogP contribution in [-0.2, 0) is 6.61 Å². The maximum atomic E-state index is 10.2. The van der Waals surface area contributed by atoms with Gasteiger partial charge in [0.1, 0.15) is 0 Å². The van der Waals surface area contributed by atoms with Crippen LogP contribution in [0.2, 0.25) is 0 Å². The Morgan fingerprint density at radius 2 is 2.40 bits per heavy atom. The maximum absolute atomic E-state index is 10.2. The van der Waals surface area contributed by atoms with Crippen LogP contribution in [0.4, 0.5) is 0 Å². The number of aromatic carboxylic acids is 1. The van der Waals surface area contributed by atoms with E-state index in [1.54, 1.807) is 0 Å². The SMILES string of the molecule is O=C(O)c1cc(CO)co1. The van der Waals surface area contributed by atoms with Gasteiger partial charge in [-0.05, 0) is 6.07 Å². The molecule has 0 aliphatic heterocycles. The van der Waals surface area contributed by atoms with Crippen molar-refractivity contribution in [1.82, 2.24) is 0 Å². The van der Waals surface area contributed by atoms with Crippen LogP contribution in [0.15, 0.2) is 16.7 Å². The van der Waals surface area contributed by atoms with E-state index in [4.69, 9.17) is 10.2 Å². The van der Waals surface area contributed by atoms with Crippen LogP contribution in [0.1, 0.15) is 16.1 Å². The molecule has 0 aliphatic carbocycles. The van der Waals surface area contributed by atoms with Crippen LogP contribution in [0.3, 0.4) is 0 Å². The van der Waals surface area contributed by atoms with E-state index in [9.17, 15) is 4.79 Å². The summed E-state index contributed by atoms with van der Waals surface area (Å²) in [5.41, 5.74) is 0.470. The topological polar surface area (TPSA) is 70.7 Å². The smallest absolute Gasteiger partial charge is 0.371 e. The minimum absolute atomic E-state index is 0.149. The maximum Gasteiger partial charge on any atom is 0.371 e. The highest BCUT2D eigenvalue weighted by atomic mass is 16.4. The van der Waals surface area contributed by atoms with Crippen molar-refractivity contribution in [2.75, 3.05) is 0 Å². The Bertz CT molecular complexity index is 238. The van der Waals surface area contributed by atoms with Crippen molar-refractivity contribution in [3.05, 3.63) is 23.7 Å². The number of rotatable bonds is 2. The number of furan rings is 1. The molecule has 1 heterocycles. The summed E-state index contributed by atoms with van der Waals surface area (Å²) in [5.74, 6) is -1.27. The molecule has 0 bridgehead atoms. The van der Waals surface area contributed by atoms with Crippen LogP contribution >= 0.6 is 0 Å². The lowest BCUT2D eigenvalue weighted by molar-refractivity contribution is 0.0662. The average molecular weight is 142 g/mol. The van der Waals surface area contributed by atoms with Crippen molar-refractivity contribution in [2.45, 2.75) is 6.61 Å². The van der Waals surface area contributed by atoms with Crippen molar-refractivity contribution in [3.63, 3.8) is 0 Å². The molecule has 0 radical (unpaired) electrons. The molecular formula is C6H6O4. The van der Waals surface area contributed by atoms with Crippen molar-refractivity contribution in [3.8, 4) is 0 Å². The van der Waals surface area contributed by atoms with E-state index in [0.29, 0.717) is 5.56 Å². The van der Waals surface area contributed by atoms with E-state index < -0.39 is 5.97 Å². The first-order chi connectivity index (χ1) is 4.74. The second-order valence-electron chi connectivity index (χ2n) is 1.78. The summed E-state index contributed by atoms with van der Waals surface area (Å²) in [5, 5.41) is 16.8. The molecule has 4 nitrogen and oxygen atoms in total. The van der Waals surface area contributed by atoms with Gasteiger partial charge in [0.05, 0.1) is 12.9 Å². The minimum Gasteiger partial charge on any atom is -0.475 e. The number of aliphatic hydroxyl groups is 1. The van der Waals surface area contributed by atoms with E-state index in [1.165, 1.54) is 12.3 Å². The summed E-state index contributed by atoms with van der Waals surface area (Å²) in [6.07, 6.45) is 1.21. The lowest BCUT2D eigenvalue weighted by Gasteiger charge is -1.80. The molecule has 0 saturated carbocycles.